The van der Waals surface area contributed by atoms with E-state index in [9.17, 15) is 0 Å². The zero-order valence-corrected chi connectivity index (χ0v) is 8.63. The molecule has 3 rings (SSSR count). The van der Waals surface area contributed by atoms with Crippen LogP contribution >= 0.6 is 0 Å². The highest BCUT2D eigenvalue weighted by atomic mass is 14.9. The lowest BCUT2D eigenvalue weighted by Gasteiger charge is -2.33. The Balaban J connectivity index is 1.98. The summed E-state index contributed by atoms with van der Waals surface area (Å²) in [5.74, 6) is 0.598. The van der Waals surface area contributed by atoms with Crippen molar-refractivity contribution in [3.63, 3.8) is 0 Å². The van der Waals surface area contributed by atoms with Gasteiger partial charge in [-0.2, -0.15) is 0 Å². The van der Waals surface area contributed by atoms with E-state index in [1.54, 1.807) is 0 Å². The Morgan fingerprint density at radius 1 is 1.07 bits per heavy atom. The molecule has 1 heterocycles. The molecule has 14 heavy (non-hydrogen) atoms. The first-order valence-electron chi connectivity index (χ1n) is 5.92. The molecule has 3 aliphatic rings. The Kier molecular flexibility index (Phi) is 1.89. The molecule has 76 valence electrons. The van der Waals surface area contributed by atoms with Gasteiger partial charge in [0.25, 0.3) is 0 Å². The zero-order chi connectivity index (χ0) is 9.54. The number of nitrogens with two attached hydrogens (primary N) is 1. The van der Waals surface area contributed by atoms with Crippen molar-refractivity contribution >= 4 is 5.71 Å². The minimum Gasteiger partial charge on any atom is -0.401 e. The topological polar surface area (TPSA) is 38.4 Å². The summed E-state index contributed by atoms with van der Waals surface area (Å²) in [4.78, 5) is 4.89. The second kappa shape index (κ2) is 3.11. The largest absolute Gasteiger partial charge is 0.401 e. The zero-order valence-electron chi connectivity index (χ0n) is 8.63. The maximum atomic E-state index is 6.27. The summed E-state index contributed by atoms with van der Waals surface area (Å²) in [6.45, 7) is 0. The van der Waals surface area contributed by atoms with Crippen molar-refractivity contribution in [2.75, 3.05) is 0 Å². The predicted octanol–water partition coefficient (Wildman–Crippen LogP) is 2.40. The lowest BCUT2D eigenvalue weighted by molar-refractivity contribution is 0.342. The first kappa shape index (κ1) is 8.51. The molecule has 0 aromatic carbocycles. The highest BCUT2D eigenvalue weighted by molar-refractivity contribution is 6.03. The van der Waals surface area contributed by atoms with Gasteiger partial charge >= 0.3 is 0 Å². The number of allylic oxidation sites excluding steroid dienone is 1. The van der Waals surface area contributed by atoms with E-state index in [0.29, 0.717) is 12.0 Å². The third-order valence-electron chi connectivity index (χ3n) is 3.99. The molecule has 2 N–H and O–H groups in total. The molecule has 0 aromatic rings. The van der Waals surface area contributed by atoms with E-state index in [1.165, 1.54) is 61.9 Å². The number of hydrogen-bond donors (Lipinski definition) is 1. The Morgan fingerprint density at radius 3 is 2.86 bits per heavy atom. The standard InChI is InChI=1S/C12H18N2/c13-12-8-4-1-2-6-10(8)14-11-7-3-5-9(11)12/h8,10H,1-7,13H2/t8-,10-/m1/s1. The number of rotatable bonds is 0. The van der Waals surface area contributed by atoms with Crippen LogP contribution in [0.4, 0.5) is 0 Å². The van der Waals surface area contributed by atoms with Crippen LogP contribution in [0.25, 0.3) is 0 Å². The third-order valence-corrected chi connectivity index (χ3v) is 3.99. The molecule has 2 heteroatoms. The SMILES string of the molecule is NC1=C2CCCC2=N[C@@H]2CCCC[C@@H]12. The van der Waals surface area contributed by atoms with E-state index in [2.05, 4.69) is 0 Å². The second-order valence-corrected chi connectivity index (χ2v) is 4.82. The summed E-state index contributed by atoms with van der Waals surface area (Å²) in [5, 5.41) is 0. The molecule has 0 amide bonds. The van der Waals surface area contributed by atoms with E-state index < -0.39 is 0 Å². The van der Waals surface area contributed by atoms with Crippen LogP contribution in [0.5, 0.6) is 0 Å². The number of hydrogen-bond acceptors (Lipinski definition) is 2. The lowest BCUT2D eigenvalue weighted by atomic mass is 9.79. The van der Waals surface area contributed by atoms with Gasteiger partial charge in [-0.3, -0.25) is 4.99 Å². The number of nitrogens with zero attached hydrogens (tertiary/aromatic N) is 1. The monoisotopic (exact) mass is 190 g/mol. The summed E-state index contributed by atoms with van der Waals surface area (Å²) in [5.41, 5.74) is 10.3. The molecule has 0 saturated heterocycles. The third kappa shape index (κ3) is 1.13. The maximum Gasteiger partial charge on any atom is 0.0585 e. The van der Waals surface area contributed by atoms with Gasteiger partial charge in [0.1, 0.15) is 0 Å². The summed E-state index contributed by atoms with van der Waals surface area (Å²) in [7, 11) is 0. The van der Waals surface area contributed by atoms with Gasteiger partial charge in [-0.1, -0.05) is 12.8 Å². The Labute approximate surface area is 85.3 Å². The highest BCUT2D eigenvalue weighted by Gasteiger charge is 2.34. The summed E-state index contributed by atoms with van der Waals surface area (Å²) in [6.07, 6.45) is 8.88. The van der Waals surface area contributed by atoms with Crippen molar-refractivity contribution < 1.29 is 0 Å². The normalized spacial score (nSPS) is 36.4. The van der Waals surface area contributed by atoms with Crippen LogP contribution < -0.4 is 5.73 Å². The van der Waals surface area contributed by atoms with Crippen LogP contribution in [0.2, 0.25) is 0 Å². The molecule has 0 unspecified atom stereocenters. The van der Waals surface area contributed by atoms with Crippen LogP contribution in [-0.4, -0.2) is 11.8 Å². The number of aliphatic imine (C=N–C) groups is 1. The quantitative estimate of drug-likeness (QED) is 0.626. The summed E-state index contributed by atoms with van der Waals surface area (Å²) in [6, 6.07) is 0.542. The molecule has 2 aliphatic carbocycles. The van der Waals surface area contributed by atoms with Crippen molar-refractivity contribution in [3.05, 3.63) is 11.3 Å². The fourth-order valence-corrected chi connectivity index (χ4v) is 3.23. The smallest absolute Gasteiger partial charge is 0.0585 e. The van der Waals surface area contributed by atoms with Gasteiger partial charge in [0, 0.05) is 17.3 Å². The van der Waals surface area contributed by atoms with Gasteiger partial charge in [0.2, 0.25) is 0 Å². The van der Waals surface area contributed by atoms with E-state index in [0.717, 1.165) is 0 Å². The van der Waals surface area contributed by atoms with E-state index >= 15 is 0 Å². The van der Waals surface area contributed by atoms with Crippen LogP contribution in [0.1, 0.15) is 44.9 Å². The predicted molar refractivity (Wildman–Crippen MR) is 58.2 cm³/mol. The number of dihydropyridines is 1. The van der Waals surface area contributed by atoms with Crippen LogP contribution in [0, 0.1) is 5.92 Å². The van der Waals surface area contributed by atoms with Crippen LogP contribution in [0.3, 0.4) is 0 Å². The average molecular weight is 190 g/mol. The highest BCUT2D eigenvalue weighted by Crippen LogP contribution is 2.39. The van der Waals surface area contributed by atoms with Gasteiger partial charge in [-0.25, -0.2) is 0 Å². The molecule has 2 nitrogen and oxygen atoms in total. The van der Waals surface area contributed by atoms with E-state index in [-0.39, 0.29) is 0 Å². The molecule has 2 atom stereocenters. The summed E-state index contributed by atoms with van der Waals surface area (Å²) < 4.78 is 0. The van der Waals surface area contributed by atoms with Gasteiger partial charge in [0.05, 0.1) is 6.04 Å². The minimum atomic E-state index is 0.542. The molecule has 0 radical (unpaired) electrons. The first-order valence-corrected chi connectivity index (χ1v) is 5.92. The molecular formula is C12H18N2. The lowest BCUT2D eigenvalue weighted by Crippen LogP contribution is -2.33. The van der Waals surface area contributed by atoms with Gasteiger partial charge in [-0.15, -0.1) is 0 Å². The molecule has 2 fully saturated rings. The Morgan fingerprint density at radius 2 is 1.93 bits per heavy atom. The van der Waals surface area contributed by atoms with Crippen LogP contribution in [-0.2, 0) is 0 Å². The van der Waals surface area contributed by atoms with Crippen LogP contribution in [0.15, 0.2) is 16.3 Å². The summed E-state index contributed by atoms with van der Waals surface area (Å²) >= 11 is 0. The average Bonchev–Trinajstić information content (AvgIpc) is 2.66. The maximum absolute atomic E-state index is 6.27. The van der Waals surface area contributed by atoms with Crippen molar-refractivity contribution in [1.82, 2.24) is 0 Å². The van der Waals surface area contributed by atoms with Gasteiger partial charge in [0.15, 0.2) is 0 Å². The fraction of sp³-hybridized carbons (Fsp3) is 0.750. The van der Waals surface area contributed by atoms with E-state index in [4.69, 9.17) is 10.7 Å². The fourth-order valence-electron chi connectivity index (χ4n) is 3.23. The van der Waals surface area contributed by atoms with E-state index in [1.807, 2.05) is 0 Å². The molecular weight excluding hydrogens is 172 g/mol. The Bertz CT molecular complexity index is 314. The van der Waals surface area contributed by atoms with Crippen molar-refractivity contribution in [1.29, 1.82) is 0 Å². The molecule has 1 aliphatic heterocycles. The molecule has 2 saturated carbocycles. The molecule has 0 bridgehead atoms. The molecule has 0 spiro atoms. The Hall–Kier alpha value is -0.790. The first-order chi connectivity index (χ1) is 6.86. The van der Waals surface area contributed by atoms with Crippen molar-refractivity contribution in [2.24, 2.45) is 16.6 Å². The van der Waals surface area contributed by atoms with Gasteiger partial charge in [-0.05, 0) is 37.7 Å². The van der Waals surface area contributed by atoms with Gasteiger partial charge < -0.3 is 5.73 Å². The van der Waals surface area contributed by atoms with Crippen molar-refractivity contribution in [2.45, 2.75) is 51.0 Å². The second-order valence-electron chi connectivity index (χ2n) is 4.82. The number of fused-ring (bicyclic) bond motifs is 2. The molecule has 0 aromatic heterocycles. The minimum absolute atomic E-state index is 0.542. The van der Waals surface area contributed by atoms with Crippen molar-refractivity contribution in [3.8, 4) is 0 Å².